The summed E-state index contributed by atoms with van der Waals surface area (Å²) < 4.78 is 7.70. The highest BCUT2D eigenvalue weighted by molar-refractivity contribution is 7.15. The first kappa shape index (κ1) is 11.9. The number of carbonyl (C=O) groups is 1. The number of ether oxygens (including phenoxy) is 1. The van der Waals surface area contributed by atoms with Gasteiger partial charge in [-0.3, -0.25) is 9.20 Å². The van der Waals surface area contributed by atoms with Crippen LogP contribution in [0.2, 0.25) is 0 Å². The molecule has 0 aliphatic heterocycles. The van der Waals surface area contributed by atoms with Gasteiger partial charge in [-0.15, -0.1) is 11.3 Å². The highest BCUT2D eigenvalue weighted by Gasteiger charge is 2.08. The summed E-state index contributed by atoms with van der Waals surface area (Å²) in [4.78, 5) is 16.4. The number of benzene rings is 1. The van der Waals surface area contributed by atoms with Crippen molar-refractivity contribution in [3.63, 3.8) is 0 Å². The first-order valence-corrected chi connectivity index (χ1v) is 6.74. The summed E-state index contributed by atoms with van der Waals surface area (Å²) >= 11 is 1.58. The smallest absolute Gasteiger partial charge is 0.193 e. The summed E-state index contributed by atoms with van der Waals surface area (Å²) in [5.74, 6) is 0.633. The third-order valence-corrected chi connectivity index (χ3v) is 3.65. The summed E-state index contributed by atoms with van der Waals surface area (Å²) in [6.07, 6.45) is 4.71. The maximum atomic E-state index is 11.0. The standard InChI is InChI=1S/C14H12N2O2S/c1-10-3-2-4-11(8-17)13(10)18-9-12-7-16-5-6-19-14(16)15-12/h2-8H,9H2,1H3. The van der Waals surface area contributed by atoms with Gasteiger partial charge in [-0.1, -0.05) is 12.1 Å². The first-order chi connectivity index (χ1) is 9.28. The Hall–Kier alpha value is -2.14. The largest absolute Gasteiger partial charge is 0.486 e. The van der Waals surface area contributed by atoms with Crippen LogP contribution in [0.25, 0.3) is 4.96 Å². The minimum absolute atomic E-state index is 0.361. The van der Waals surface area contributed by atoms with E-state index in [-0.39, 0.29) is 0 Å². The summed E-state index contributed by atoms with van der Waals surface area (Å²) in [5, 5.41) is 1.98. The Kier molecular flexibility index (Phi) is 3.05. The van der Waals surface area contributed by atoms with Crippen molar-refractivity contribution in [2.45, 2.75) is 13.5 Å². The number of aromatic nitrogens is 2. The quantitative estimate of drug-likeness (QED) is 0.685. The van der Waals surface area contributed by atoms with Crippen molar-refractivity contribution in [3.05, 3.63) is 52.8 Å². The second-order valence-electron chi connectivity index (χ2n) is 4.22. The lowest BCUT2D eigenvalue weighted by Gasteiger charge is -2.09. The number of hydrogen-bond donors (Lipinski definition) is 0. The Morgan fingerprint density at radius 2 is 2.37 bits per heavy atom. The fourth-order valence-electron chi connectivity index (χ4n) is 1.96. The van der Waals surface area contributed by atoms with Crippen LogP contribution in [0, 0.1) is 6.92 Å². The number of fused-ring (bicyclic) bond motifs is 1. The van der Waals surface area contributed by atoms with Crippen LogP contribution in [0.4, 0.5) is 0 Å². The Labute approximate surface area is 114 Å². The number of aryl methyl sites for hydroxylation is 1. The molecule has 0 aliphatic carbocycles. The van der Waals surface area contributed by atoms with Gasteiger partial charge in [0.25, 0.3) is 0 Å². The molecule has 0 amide bonds. The van der Waals surface area contributed by atoms with Crippen LogP contribution in [0.1, 0.15) is 21.6 Å². The number of nitrogens with zero attached hydrogens (tertiary/aromatic N) is 2. The molecule has 0 N–H and O–H groups in total. The Bertz CT molecular complexity index is 701. The maximum Gasteiger partial charge on any atom is 0.193 e. The number of thiazole rings is 1. The molecule has 3 rings (SSSR count). The molecule has 0 bridgehead atoms. The Balaban J connectivity index is 1.82. The SMILES string of the molecule is Cc1cccc(C=O)c1OCc1cn2ccsc2n1. The minimum atomic E-state index is 0.361. The molecule has 5 heteroatoms. The molecule has 2 heterocycles. The second kappa shape index (κ2) is 4.85. The van der Waals surface area contributed by atoms with Crippen LogP contribution >= 0.6 is 11.3 Å². The predicted octanol–water partition coefficient (Wildman–Crippen LogP) is 3.10. The molecule has 0 atom stereocenters. The molecule has 0 saturated carbocycles. The van der Waals surface area contributed by atoms with Crippen LogP contribution < -0.4 is 4.74 Å². The number of para-hydroxylation sites is 1. The van der Waals surface area contributed by atoms with Gasteiger partial charge in [0, 0.05) is 17.8 Å². The van der Waals surface area contributed by atoms with Gasteiger partial charge in [-0.05, 0) is 18.6 Å². The molecule has 0 spiro atoms. The first-order valence-electron chi connectivity index (χ1n) is 5.86. The fourth-order valence-corrected chi connectivity index (χ4v) is 2.68. The molecule has 0 fully saturated rings. The van der Waals surface area contributed by atoms with E-state index >= 15 is 0 Å². The van der Waals surface area contributed by atoms with Crippen molar-refractivity contribution >= 4 is 22.6 Å². The molecule has 4 nitrogen and oxygen atoms in total. The monoisotopic (exact) mass is 272 g/mol. The van der Waals surface area contributed by atoms with Gasteiger partial charge in [0.2, 0.25) is 0 Å². The fraction of sp³-hybridized carbons (Fsp3) is 0.143. The van der Waals surface area contributed by atoms with Crippen molar-refractivity contribution in [2.24, 2.45) is 0 Å². The number of imidazole rings is 1. The van der Waals surface area contributed by atoms with Crippen LogP contribution in [0.15, 0.2) is 36.0 Å². The number of hydrogen-bond acceptors (Lipinski definition) is 4. The van der Waals surface area contributed by atoms with Crippen molar-refractivity contribution in [3.8, 4) is 5.75 Å². The third-order valence-electron chi connectivity index (χ3n) is 2.88. The summed E-state index contributed by atoms with van der Waals surface area (Å²) in [6.45, 7) is 2.29. The minimum Gasteiger partial charge on any atom is -0.486 e. The van der Waals surface area contributed by atoms with E-state index in [1.165, 1.54) is 0 Å². The van der Waals surface area contributed by atoms with E-state index in [1.807, 2.05) is 41.2 Å². The van der Waals surface area contributed by atoms with Crippen LogP contribution in [-0.4, -0.2) is 15.7 Å². The Morgan fingerprint density at radius 3 is 3.16 bits per heavy atom. The predicted molar refractivity (Wildman–Crippen MR) is 74.0 cm³/mol. The van der Waals surface area contributed by atoms with Gasteiger partial charge in [-0.2, -0.15) is 0 Å². The molecule has 1 aromatic carbocycles. The topological polar surface area (TPSA) is 43.6 Å². The van der Waals surface area contributed by atoms with Gasteiger partial charge in [-0.25, -0.2) is 4.98 Å². The van der Waals surface area contributed by atoms with Crippen molar-refractivity contribution in [1.82, 2.24) is 9.38 Å². The normalized spacial score (nSPS) is 10.8. The van der Waals surface area contributed by atoms with E-state index in [0.29, 0.717) is 17.9 Å². The molecule has 0 saturated heterocycles. The molecule has 0 radical (unpaired) electrons. The van der Waals surface area contributed by atoms with Crippen LogP contribution in [0.3, 0.4) is 0 Å². The molecule has 2 aromatic heterocycles. The zero-order chi connectivity index (χ0) is 13.2. The summed E-state index contributed by atoms with van der Waals surface area (Å²) in [7, 11) is 0. The van der Waals surface area contributed by atoms with E-state index in [0.717, 1.165) is 22.5 Å². The van der Waals surface area contributed by atoms with E-state index in [1.54, 1.807) is 17.4 Å². The maximum absolute atomic E-state index is 11.0. The summed E-state index contributed by atoms with van der Waals surface area (Å²) in [5.41, 5.74) is 2.37. The lowest BCUT2D eigenvalue weighted by molar-refractivity contribution is 0.111. The van der Waals surface area contributed by atoms with Crippen molar-refractivity contribution in [2.75, 3.05) is 0 Å². The lowest BCUT2D eigenvalue weighted by atomic mass is 10.1. The third kappa shape index (κ3) is 2.24. The Morgan fingerprint density at radius 1 is 1.47 bits per heavy atom. The zero-order valence-corrected chi connectivity index (χ0v) is 11.2. The molecular weight excluding hydrogens is 260 g/mol. The number of rotatable bonds is 4. The molecule has 3 aromatic rings. The molecule has 96 valence electrons. The molecular formula is C14H12N2O2S. The van der Waals surface area contributed by atoms with Gasteiger partial charge in [0.1, 0.15) is 12.4 Å². The highest BCUT2D eigenvalue weighted by atomic mass is 32.1. The lowest BCUT2D eigenvalue weighted by Crippen LogP contribution is -2.00. The van der Waals surface area contributed by atoms with Gasteiger partial charge >= 0.3 is 0 Å². The van der Waals surface area contributed by atoms with E-state index in [4.69, 9.17) is 4.74 Å². The van der Waals surface area contributed by atoms with Crippen LogP contribution in [0.5, 0.6) is 5.75 Å². The van der Waals surface area contributed by atoms with Crippen LogP contribution in [-0.2, 0) is 6.61 Å². The average Bonchev–Trinajstić information content (AvgIpc) is 2.97. The van der Waals surface area contributed by atoms with E-state index in [2.05, 4.69) is 4.98 Å². The van der Waals surface area contributed by atoms with E-state index in [9.17, 15) is 4.79 Å². The van der Waals surface area contributed by atoms with Crippen molar-refractivity contribution in [1.29, 1.82) is 0 Å². The molecule has 0 aliphatic rings. The molecule has 0 unspecified atom stereocenters. The second-order valence-corrected chi connectivity index (χ2v) is 5.10. The highest BCUT2D eigenvalue weighted by Crippen LogP contribution is 2.23. The van der Waals surface area contributed by atoms with Gasteiger partial charge in [0.05, 0.1) is 11.3 Å². The molecule has 19 heavy (non-hydrogen) atoms. The van der Waals surface area contributed by atoms with Gasteiger partial charge in [0.15, 0.2) is 11.2 Å². The zero-order valence-electron chi connectivity index (χ0n) is 10.4. The average molecular weight is 272 g/mol. The summed E-state index contributed by atoms with van der Waals surface area (Å²) in [6, 6.07) is 5.52. The van der Waals surface area contributed by atoms with Crippen molar-refractivity contribution < 1.29 is 9.53 Å². The van der Waals surface area contributed by atoms with Gasteiger partial charge < -0.3 is 4.74 Å². The number of aldehydes is 1. The number of carbonyl (C=O) groups excluding carboxylic acids is 1. The van der Waals surface area contributed by atoms with E-state index < -0.39 is 0 Å².